The number of ether oxygens (including phenoxy) is 2. The van der Waals surface area contributed by atoms with Gasteiger partial charge in [-0.3, -0.25) is 9.69 Å². The minimum atomic E-state index is -0.147. The molecule has 0 atom stereocenters. The molecule has 0 spiro atoms. The number of aryl methyl sites for hydroxylation is 2. The Morgan fingerprint density at radius 3 is 2.36 bits per heavy atom. The summed E-state index contributed by atoms with van der Waals surface area (Å²) in [7, 11) is 0. The molecule has 28 heavy (non-hydrogen) atoms. The standard InChI is InChI=1S/C22H27ClN2O3/c1-16-11-20(23)12-17(2)22(16)28-15-21(26)24-13-18-3-5-19(6-4-18)14-25-7-9-27-10-8-25/h3-6,11-12H,7-10,13-15H2,1-2H3,(H,24,26). The fourth-order valence-electron chi connectivity index (χ4n) is 3.29. The van der Waals surface area contributed by atoms with E-state index >= 15 is 0 Å². The number of nitrogens with zero attached hydrogens (tertiary/aromatic N) is 1. The molecule has 1 heterocycles. The Kier molecular flexibility index (Phi) is 7.31. The summed E-state index contributed by atoms with van der Waals surface area (Å²) >= 11 is 6.03. The highest BCUT2D eigenvalue weighted by Crippen LogP contribution is 2.26. The van der Waals surface area contributed by atoms with Crippen LogP contribution in [-0.2, 0) is 22.6 Å². The summed E-state index contributed by atoms with van der Waals surface area (Å²) in [6, 6.07) is 12.0. The van der Waals surface area contributed by atoms with Crippen LogP contribution in [0.3, 0.4) is 0 Å². The molecule has 5 nitrogen and oxygen atoms in total. The summed E-state index contributed by atoms with van der Waals surface area (Å²) in [6.45, 7) is 8.81. The quantitative estimate of drug-likeness (QED) is 0.770. The molecule has 1 fully saturated rings. The van der Waals surface area contributed by atoms with Crippen molar-refractivity contribution in [3.63, 3.8) is 0 Å². The topological polar surface area (TPSA) is 50.8 Å². The lowest BCUT2D eigenvalue weighted by Gasteiger charge is -2.26. The molecule has 150 valence electrons. The van der Waals surface area contributed by atoms with E-state index in [-0.39, 0.29) is 12.5 Å². The lowest BCUT2D eigenvalue weighted by atomic mass is 10.1. The minimum absolute atomic E-state index is 0.0154. The van der Waals surface area contributed by atoms with Crippen molar-refractivity contribution < 1.29 is 14.3 Å². The fraction of sp³-hybridized carbons (Fsp3) is 0.409. The number of amides is 1. The average Bonchev–Trinajstić information content (AvgIpc) is 2.67. The Morgan fingerprint density at radius 1 is 1.11 bits per heavy atom. The highest BCUT2D eigenvalue weighted by atomic mass is 35.5. The largest absolute Gasteiger partial charge is 0.483 e. The zero-order valence-electron chi connectivity index (χ0n) is 16.5. The van der Waals surface area contributed by atoms with Crippen LogP contribution in [0.1, 0.15) is 22.3 Å². The number of halogens is 1. The maximum absolute atomic E-state index is 12.1. The van der Waals surface area contributed by atoms with Gasteiger partial charge in [-0.2, -0.15) is 0 Å². The molecule has 1 aliphatic rings. The maximum Gasteiger partial charge on any atom is 0.258 e. The molecule has 6 heteroatoms. The monoisotopic (exact) mass is 402 g/mol. The van der Waals surface area contributed by atoms with Gasteiger partial charge in [0.15, 0.2) is 6.61 Å². The highest BCUT2D eigenvalue weighted by molar-refractivity contribution is 6.30. The van der Waals surface area contributed by atoms with Crippen LogP contribution in [-0.4, -0.2) is 43.7 Å². The first kappa shape index (κ1) is 20.6. The molecular formula is C22H27ClN2O3. The van der Waals surface area contributed by atoms with E-state index in [2.05, 4.69) is 34.5 Å². The number of morpholine rings is 1. The molecule has 2 aromatic rings. The van der Waals surface area contributed by atoms with Crippen molar-refractivity contribution in [1.29, 1.82) is 0 Å². The predicted molar refractivity (Wildman–Crippen MR) is 111 cm³/mol. The molecule has 2 aromatic carbocycles. The van der Waals surface area contributed by atoms with Gasteiger partial charge < -0.3 is 14.8 Å². The summed E-state index contributed by atoms with van der Waals surface area (Å²) in [4.78, 5) is 14.5. The Balaban J connectivity index is 1.44. The summed E-state index contributed by atoms with van der Waals surface area (Å²) in [5, 5.41) is 3.57. The Hall–Kier alpha value is -2.08. The molecule has 1 aliphatic heterocycles. The Labute approximate surface area is 171 Å². The average molecular weight is 403 g/mol. The van der Waals surface area contributed by atoms with E-state index in [0.717, 1.165) is 49.5 Å². The summed E-state index contributed by atoms with van der Waals surface area (Å²) < 4.78 is 11.1. The second kappa shape index (κ2) is 9.92. The third-order valence-electron chi connectivity index (χ3n) is 4.80. The van der Waals surface area contributed by atoms with E-state index in [4.69, 9.17) is 21.1 Å². The van der Waals surface area contributed by atoms with E-state index in [1.165, 1.54) is 5.56 Å². The first-order valence-corrected chi connectivity index (χ1v) is 9.93. The number of hydrogen-bond donors (Lipinski definition) is 1. The van der Waals surface area contributed by atoms with Crippen LogP contribution in [0, 0.1) is 13.8 Å². The minimum Gasteiger partial charge on any atom is -0.483 e. The first-order chi connectivity index (χ1) is 13.5. The van der Waals surface area contributed by atoms with Gasteiger partial charge in [-0.05, 0) is 48.2 Å². The molecule has 0 aromatic heterocycles. The van der Waals surface area contributed by atoms with Crippen molar-refractivity contribution in [1.82, 2.24) is 10.2 Å². The van der Waals surface area contributed by atoms with Crippen LogP contribution in [0.2, 0.25) is 5.02 Å². The molecule has 0 radical (unpaired) electrons. The lowest BCUT2D eigenvalue weighted by molar-refractivity contribution is -0.123. The molecule has 3 rings (SSSR count). The SMILES string of the molecule is Cc1cc(Cl)cc(C)c1OCC(=O)NCc1ccc(CN2CCOCC2)cc1. The van der Waals surface area contributed by atoms with Crippen molar-refractivity contribution in [3.05, 3.63) is 63.7 Å². The maximum atomic E-state index is 12.1. The van der Waals surface area contributed by atoms with Crippen molar-refractivity contribution in [3.8, 4) is 5.75 Å². The van der Waals surface area contributed by atoms with Gasteiger partial charge in [-0.15, -0.1) is 0 Å². The molecule has 0 saturated carbocycles. The van der Waals surface area contributed by atoms with Gasteiger partial charge in [-0.1, -0.05) is 35.9 Å². The van der Waals surface area contributed by atoms with Crippen molar-refractivity contribution >= 4 is 17.5 Å². The number of nitrogens with one attached hydrogen (secondary N) is 1. The molecule has 0 unspecified atom stereocenters. The summed E-state index contributed by atoms with van der Waals surface area (Å²) in [5.41, 5.74) is 4.19. The second-order valence-electron chi connectivity index (χ2n) is 7.14. The smallest absolute Gasteiger partial charge is 0.258 e. The highest BCUT2D eigenvalue weighted by Gasteiger charge is 2.11. The van der Waals surface area contributed by atoms with E-state index in [0.29, 0.717) is 17.3 Å². The van der Waals surface area contributed by atoms with Crippen molar-refractivity contribution in [2.75, 3.05) is 32.9 Å². The number of carbonyl (C=O) groups excluding carboxylic acids is 1. The van der Waals surface area contributed by atoms with Gasteiger partial charge in [0.1, 0.15) is 5.75 Å². The van der Waals surface area contributed by atoms with E-state index in [1.807, 2.05) is 26.0 Å². The van der Waals surface area contributed by atoms with Gasteiger partial charge >= 0.3 is 0 Å². The van der Waals surface area contributed by atoms with Crippen molar-refractivity contribution in [2.45, 2.75) is 26.9 Å². The second-order valence-corrected chi connectivity index (χ2v) is 7.58. The van der Waals surface area contributed by atoms with E-state index in [9.17, 15) is 4.79 Å². The molecule has 1 N–H and O–H groups in total. The zero-order valence-corrected chi connectivity index (χ0v) is 17.2. The zero-order chi connectivity index (χ0) is 19.9. The number of carbonyl (C=O) groups is 1. The molecule has 1 amide bonds. The molecular weight excluding hydrogens is 376 g/mol. The van der Waals surface area contributed by atoms with Gasteiger partial charge in [0.25, 0.3) is 5.91 Å². The predicted octanol–water partition coefficient (Wildman–Crippen LogP) is 3.48. The van der Waals surface area contributed by atoms with Gasteiger partial charge in [0.05, 0.1) is 13.2 Å². The number of rotatable bonds is 7. The summed E-state index contributed by atoms with van der Waals surface area (Å²) in [6.07, 6.45) is 0. The molecule has 0 aliphatic carbocycles. The van der Waals surface area contributed by atoms with E-state index in [1.54, 1.807) is 0 Å². The Bertz CT molecular complexity index is 779. The number of hydrogen-bond acceptors (Lipinski definition) is 4. The van der Waals surface area contributed by atoms with Crippen LogP contribution in [0.15, 0.2) is 36.4 Å². The molecule has 0 bridgehead atoms. The van der Waals surface area contributed by atoms with Crippen molar-refractivity contribution in [2.24, 2.45) is 0 Å². The third-order valence-corrected chi connectivity index (χ3v) is 5.01. The van der Waals surface area contributed by atoms with Gasteiger partial charge in [0, 0.05) is 31.2 Å². The lowest BCUT2D eigenvalue weighted by Crippen LogP contribution is -2.35. The Morgan fingerprint density at radius 2 is 1.71 bits per heavy atom. The third kappa shape index (κ3) is 5.96. The normalized spacial score (nSPS) is 14.7. The van der Waals surface area contributed by atoms with Gasteiger partial charge in [-0.25, -0.2) is 0 Å². The summed E-state index contributed by atoms with van der Waals surface area (Å²) in [5.74, 6) is 0.568. The van der Waals surface area contributed by atoms with Crippen LogP contribution in [0.25, 0.3) is 0 Å². The van der Waals surface area contributed by atoms with Crippen LogP contribution < -0.4 is 10.1 Å². The van der Waals surface area contributed by atoms with E-state index < -0.39 is 0 Å². The van der Waals surface area contributed by atoms with Gasteiger partial charge in [0.2, 0.25) is 0 Å². The first-order valence-electron chi connectivity index (χ1n) is 9.55. The van der Waals surface area contributed by atoms with Crippen LogP contribution in [0.4, 0.5) is 0 Å². The number of benzene rings is 2. The van der Waals surface area contributed by atoms with Crippen LogP contribution >= 0.6 is 11.6 Å². The fourth-order valence-corrected chi connectivity index (χ4v) is 3.62. The molecule has 1 saturated heterocycles. The van der Waals surface area contributed by atoms with Crippen LogP contribution in [0.5, 0.6) is 5.75 Å².